The Balaban J connectivity index is 2.20. The van der Waals surface area contributed by atoms with Gasteiger partial charge >= 0.3 is 0 Å². The van der Waals surface area contributed by atoms with Crippen LogP contribution in [0.1, 0.15) is 25.1 Å². The summed E-state index contributed by atoms with van der Waals surface area (Å²) in [4.78, 5) is 4.40. The van der Waals surface area contributed by atoms with Crippen molar-refractivity contribution in [3.05, 3.63) is 40.8 Å². The molecule has 0 bridgehead atoms. The van der Waals surface area contributed by atoms with Crippen molar-refractivity contribution in [2.75, 3.05) is 6.54 Å². The van der Waals surface area contributed by atoms with Gasteiger partial charge in [0.25, 0.3) is 0 Å². The van der Waals surface area contributed by atoms with Crippen LogP contribution in [0.15, 0.2) is 24.5 Å². The molecular formula is C14H19ClN4. The number of hydrogen-bond donors (Lipinski definition) is 1. The lowest BCUT2D eigenvalue weighted by atomic mass is 10.2. The quantitative estimate of drug-likeness (QED) is 0.914. The van der Waals surface area contributed by atoms with Crippen molar-refractivity contribution in [3.8, 4) is 5.82 Å². The zero-order valence-electron chi connectivity index (χ0n) is 11.5. The Morgan fingerprint density at radius 3 is 2.84 bits per heavy atom. The van der Waals surface area contributed by atoms with Crippen molar-refractivity contribution in [1.82, 2.24) is 20.1 Å². The normalized spacial score (nSPS) is 11.2. The third-order valence-corrected chi connectivity index (χ3v) is 3.16. The molecule has 0 aliphatic heterocycles. The van der Waals surface area contributed by atoms with Gasteiger partial charge in [-0.15, -0.1) is 0 Å². The Hall–Kier alpha value is -1.39. The smallest absolute Gasteiger partial charge is 0.157 e. The lowest BCUT2D eigenvalue weighted by Gasteiger charge is -2.10. The van der Waals surface area contributed by atoms with Crippen LogP contribution in [0.3, 0.4) is 0 Å². The number of hydrogen-bond acceptors (Lipinski definition) is 3. The number of pyridine rings is 1. The molecule has 2 aromatic rings. The summed E-state index contributed by atoms with van der Waals surface area (Å²) in [5.41, 5.74) is 1.93. The number of nitrogens with zero attached hydrogens (tertiary/aromatic N) is 3. The highest BCUT2D eigenvalue weighted by atomic mass is 35.5. The van der Waals surface area contributed by atoms with E-state index in [0.717, 1.165) is 30.2 Å². The molecule has 102 valence electrons. The van der Waals surface area contributed by atoms with Gasteiger partial charge in [0.2, 0.25) is 0 Å². The molecule has 5 heteroatoms. The largest absolute Gasteiger partial charge is 0.312 e. The zero-order valence-corrected chi connectivity index (χ0v) is 12.3. The van der Waals surface area contributed by atoms with E-state index in [1.807, 2.05) is 13.0 Å². The third-order valence-electron chi connectivity index (χ3n) is 2.79. The minimum Gasteiger partial charge on any atom is -0.312 e. The maximum absolute atomic E-state index is 6.05. The van der Waals surface area contributed by atoms with Crippen molar-refractivity contribution in [1.29, 1.82) is 0 Å². The molecule has 2 heterocycles. The highest BCUT2D eigenvalue weighted by Gasteiger charge is 2.09. The molecule has 1 N–H and O–H groups in total. The summed E-state index contributed by atoms with van der Waals surface area (Å²) in [6.45, 7) is 8.02. The number of rotatable bonds is 5. The summed E-state index contributed by atoms with van der Waals surface area (Å²) in [6.07, 6.45) is 3.57. The summed E-state index contributed by atoms with van der Waals surface area (Å²) >= 11 is 6.05. The first-order valence-electron chi connectivity index (χ1n) is 6.44. The summed E-state index contributed by atoms with van der Waals surface area (Å²) in [5.74, 6) is 1.45. The molecule has 2 rings (SSSR count). The van der Waals surface area contributed by atoms with Gasteiger partial charge in [-0.2, -0.15) is 5.10 Å². The second kappa shape index (κ2) is 6.17. The molecule has 19 heavy (non-hydrogen) atoms. The van der Waals surface area contributed by atoms with Crippen LogP contribution in [-0.4, -0.2) is 21.3 Å². The fourth-order valence-corrected chi connectivity index (χ4v) is 1.95. The van der Waals surface area contributed by atoms with Gasteiger partial charge in [-0.1, -0.05) is 31.5 Å². The SMILES string of the molecule is Cc1nn(-c2ncccc2CNCC(C)C)cc1Cl. The molecule has 0 spiro atoms. The van der Waals surface area contributed by atoms with Gasteiger partial charge in [-0.3, -0.25) is 0 Å². The van der Waals surface area contributed by atoms with E-state index in [1.54, 1.807) is 17.1 Å². The average molecular weight is 279 g/mol. The van der Waals surface area contributed by atoms with Gasteiger partial charge in [-0.25, -0.2) is 9.67 Å². The molecule has 0 aliphatic carbocycles. The van der Waals surface area contributed by atoms with Crippen molar-refractivity contribution < 1.29 is 0 Å². The van der Waals surface area contributed by atoms with E-state index >= 15 is 0 Å². The second-order valence-electron chi connectivity index (χ2n) is 5.02. The first-order valence-corrected chi connectivity index (χ1v) is 6.82. The minimum absolute atomic E-state index is 0.626. The van der Waals surface area contributed by atoms with Crippen molar-refractivity contribution in [2.45, 2.75) is 27.3 Å². The molecule has 2 aromatic heterocycles. The lowest BCUT2D eigenvalue weighted by Crippen LogP contribution is -2.20. The highest BCUT2D eigenvalue weighted by Crippen LogP contribution is 2.17. The predicted octanol–water partition coefficient (Wildman–Crippen LogP) is 2.97. The van der Waals surface area contributed by atoms with Crippen LogP contribution in [0, 0.1) is 12.8 Å². The van der Waals surface area contributed by atoms with E-state index in [1.165, 1.54) is 0 Å². The molecule has 0 unspecified atom stereocenters. The van der Waals surface area contributed by atoms with Crippen LogP contribution >= 0.6 is 11.6 Å². The maximum atomic E-state index is 6.05. The Kier molecular flexibility index (Phi) is 4.56. The first-order chi connectivity index (χ1) is 9.08. The monoisotopic (exact) mass is 278 g/mol. The van der Waals surface area contributed by atoms with E-state index in [0.29, 0.717) is 10.9 Å². The number of aromatic nitrogens is 3. The average Bonchev–Trinajstić information content (AvgIpc) is 2.70. The lowest BCUT2D eigenvalue weighted by molar-refractivity contribution is 0.550. The van der Waals surface area contributed by atoms with E-state index in [2.05, 4.69) is 35.3 Å². The standard InChI is InChI=1S/C14H19ClN4/c1-10(2)7-16-8-12-5-4-6-17-14(12)19-9-13(15)11(3)18-19/h4-6,9-10,16H,7-8H2,1-3H3. The number of aryl methyl sites for hydroxylation is 1. The second-order valence-corrected chi connectivity index (χ2v) is 5.43. The molecule has 0 aromatic carbocycles. The first kappa shape index (κ1) is 14.0. The van der Waals surface area contributed by atoms with E-state index in [-0.39, 0.29) is 0 Å². The van der Waals surface area contributed by atoms with Crippen molar-refractivity contribution >= 4 is 11.6 Å². The van der Waals surface area contributed by atoms with Gasteiger partial charge < -0.3 is 5.32 Å². The van der Waals surface area contributed by atoms with Crippen LogP contribution < -0.4 is 5.32 Å². The molecule has 0 atom stereocenters. The van der Waals surface area contributed by atoms with Gasteiger partial charge in [0.1, 0.15) is 0 Å². The topological polar surface area (TPSA) is 42.7 Å². The Bertz CT molecular complexity index is 529. The van der Waals surface area contributed by atoms with Gasteiger partial charge in [0.15, 0.2) is 5.82 Å². The van der Waals surface area contributed by atoms with E-state index < -0.39 is 0 Å². The molecular weight excluding hydrogens is 260 g/mol. The van der Waals surface area contributed by atoms with E-state index in [4.69, 9.17) is 11.6 Å². The Morgan fingerprint density at radius 2 is 2.21 bits per heavy atom. The summed E-state index contributed by atoms with van der Waals surface area (Å²) in [5, 5.41) is 8.46. The maximum Gasteiger partial charge on any atom is 0.157 e. The third kappa shape index (κ3) is 3.55. The molecule has 0 saturated carbocycles. The molecule has 4 nitrogen and oxygen atoms in total. The van der Waals surface area contributed by atoms with Gasteiger partial charge in [0.05, 0.1) is 16.9 Å². The van der Waals surface area contributed by atoms with Gasteiger partial charge in [0, 0.05) is 18.3 Å². The summed E-state index contributed by atoms with van der Waals surface area (Å²) < 4.78 is 1.74. The fraction of sp³-hybridized carbons (Fsp3) is 0.429. The fourth-order valence-electron chi connectivity index (χ4n) is 1.82. The Morgan fingerprint density at radius 1 is 1.42 bits per heavy atom. The van der Waals surface area contributed by atoms with Crippen LogP contribution in [0.2, 0.25) is 5.02 Å². The van der Waals surface area contributed by atoms with Crippen LogP contribution in [0.4, 0.5) is 0 Å². The predicted molar refractivity (Wildman–Crippen MR) is 77.7 cm³/mol. The molecule has 0 saturated heterocycles. The van der Waals surface area contributed by atoms with Crippen molar-refractivity contribution in [3.63, 3.8) is 0 Å². The number of halogens is 1. The van der Waals surface area contributed by atoms with Crippen LogP contribution in [0.5, 0.6) is 0 Å². The Labute approximate surface area is 118 Å². The molecule has 0 fully saturated rings. The van der Waals surface area contributed by atoms with Crippen LogP contribution in [0.25, 0.3) is 5.82 Å². The summed E-state index contributed by atoms with van der Waals surface area (Å²) in [6, 6.07) is 3.99. The molecule has 0 amide bonds. The minimum atomic E-state index is 0.626. The summed E-state index contributed by atoms with van der Waals surface area (Å²) in [7, 11) is 0. The highest BCUT2D eigenvalue weighted by molar-refractivity contribution is 6.31. The van der Waals surface area contributed by atoms with Crippen molar-refractivity contribution in [2.24, 2.45) is 5.92 Å². The number of nitrogens with one attached hydrogen (secondary N) is 1. The van der Waals surface area contributed by atoms with Crippen LogP contribution in [-0.2, 0) is 6.54 Å². The zero-order chi connectivity index (χ0) is 13.8. The molecule has 0 aliphatic rings. The molecule has 0 radical (unpaired) electrons. The van der Waals surface area contributed by atoms with Gasteiger partial charge in [-0.05, 0) is 25.5 Å². The van der Waals surface area contributed by atoms with E-state index in [9.17, 15) is 0 Å².